The lowest BCUT2D eigenvalue weighted by Gasteiger charge is -2.14. The van der Waals surface area contributed by atoms with Crippen LogP contribution in [0, 0.1) is 25.2 Å². The molecule has 0 aliphatic rings. The van der Waals surface area contributed by atoms with E-state index in [1.165, 1.54) is 6.07 Å². The van der Waals surface area contributed by atoms with Gasteiger partial charge in [-0.1, -0.05) is 0 Å². The van der Waals surface area contributed by atoms with Gasteiger partial charge < -0.3 is 16.2 Å². The molecule has 2 aromatic rings. The lowest BCUT2D eigenvalue weighted by Crippen LogP contribution is -2.13. The van der Waals surface area contributed by atoms with Crippen LogP contribution >= 0.6 is 0 Å². The summed E-state index contributed by atoms with van der Waals surface area (Å²) in [6.45, 7) is 3.68. The summed E-state index contributed by atoms with van der Waals surface area (Å²) in [6, 6.07) is 10.3. The smallest absolute Gasteiger partial charge is 0.252 e. The summed E-state index contributed by atoms with van der Waals surface area (Å²) in [5, 5.41) is 8.95. The van der Waals surface area contributed by atoms with Gasteiger partial charge >= 0.3 is 0 Å². The molecule has 2 aromatic carbocycles. The average molecular weight is 281 g/mol. The van der Waals surface area contributed by atoms with E-state index < -0.39 is 5.91 Å². The fourth-order valence-electron chi connectivity index (χ4n) is 2.11. The lowest BCUT2D eigenvalue weighted by atomic mass is 10.1. The van der Waals surface area contributed by atoms with E-state index in [1.807, 2.05) is 13.8 Å². The summed E-state index contributed by atoms with van der Waals surface area (Å²) in [7, 11) is 0. The van der Waals surface area contributed by atoms with Crippen LogP contribution in [-0.2, 0) is 0 Å². The minimum absolute atomic E-state index is 0.221. The van der Waals surface area contributed by atoms with Gasteiger partial charge in [0, 0.05) is 5.69 Å². The number of carbonyl (C=O) groups is 1. The number of aryl methyl sites for hydroxylation is 2. The molecule has 0 bridgehead atoms. The summed E-state index contributed by atoms with van der Waals surface area (Å²) in [6.07, 6.45) is 0. The zero-order valence-electron chi connectivity index (χ0n) is 11.8. The summed E-state index contributed by atoms with van der Waals surface area (Å²) in [5.74, 6) is 0.329. The predicted molar refractivity (Wildman–Crippen MR) is 80.1 cm³/mol. The molecule has 106 valence electrons. The number of benzene rings is 2. The average Bonchev–Trinajstić information content (AvgIpc) is 2.43. The molecule has 0 saturated heterocycles. The first-order valence-electron chi connectivity index (χ1n) is 6.31. The van der Waals surface area contributed by atoms with Gasteiger partial charge in [0.05, 0.1) is 17.2 Å². The van der Waals surface area contributed by atoms with E-state index in [0.717, 1.165) is 11.1 Å². The number of nitrogen functional groups attached to an aromatic ring is 1. The molecule has 2 rings (SSSR count). The van der Waals surface area contributed by atoms with E-state index in [4.69, 9.17) is 21.5 Å². The largest absolute Gasteiger partial charge is 0.456 e. The van der Waals surface area contributed by atoms with Gasteiger partial charge in [-0.15, -0.1) is 0 Å². The molecule has 0 spiro atoms. The van der Waals surface area contributed by atoms with E-state index in [1.54, 1.807) is 24.3 Å². The van der Waals surface area contributed by atoms with Gasteiger partial charge in [0.1, 0.15) is 11.5 Å². The normalized spacial score (nSPS) is 9.95. The first-order chi connectivity index (χ1) is 9.92. The third-order valence-corrected chi connectivity index (χ3v) is 3.07. The second kappa shape index (κ2) is 5.55. The molecule has 1 amide bonds. The molecule has 0 radical (unpaired) electrons. The molecule has 0 aliphatic heterocycles. The fraction of sp³-hybridized carbons (Fsp3) is 0.125. The fourth-order valence-corrected chi connectivity index (χ4v) is 2.11. The van der Waals surface area contributed by atoms with Crippen molar-refractivity contribution in [3.05, 3.63) is 52.6 Å². The second-order valence-electron chi connectivity index (χ2n) is 4.77. The number of rotatable bonds is 3. The highest BCUT2D eigenvalue weighted by Gasteiger charge is 2.14. The number of primary amides is 1. The number of carbonyl (C=O) groups excluding carboxylic acids is 1. The third-order valence-electron chi connectivity index (χ3n) is 3.07. The molecular formula is C16H15N3O2. The number of nitrogens with two attached hydrogens (primary N) is 2. The summed E-state index contributed by atoms with van der Waals surface area (Å²) < 4.78 is 5.82. The van der Waals surface area contributed by atoms with Crippen LogP contribution in [-0.4, -0.2) is 5.91 Å². The molecule has 0 fully saturated rings. The van der Waals surface area contributed by atoms with Crippen molar-refractivity contribution in [1.29, 1.82) is 5.26 Å². The van der Waals surface area contributed by atoms with E-state index >= 15 is 0 Å². The Kier molecular flexibility index (Phi) is 3.81. The molecule has 21 heavy (non-hydrogen) atoms. The molecule has 0 saturated carbocycles. The summed E-state index contributed by atoms with van der Waals surface area (Å²) in [4.78, 5) is 11.5. The van der Waals surface area contributed by atoms with Crippen LogP contribution < -0.4 is 16.2 Å². The molecule has 0 heterocycles. The van der Waals surface area contributed by atoms with Crippen LogP contribution in [0.5, 0.6) is 11.5 Å². The number of hydrogen-bond acceptors (Lipinski definition) is 4. The SMILES string of the molecule is Cc1cc(C#N)cc(C)c1Oc1ccc(N)cc1C(N)=O. The number of anilines is 1. The van der Waals surface area contributed by atoms with Crippen molar-refractivity contribution in [2.75, 3.05) is 5.73 Å². The standard InChI is InChI=1S/C16H15N3O2/c1-9-5-11(8-17)6-10(2)15(9)21-14-4-3-12(18)7-13(14)16(19)20/h3-7H,18H2,1-2H3,(H2,19,20). The molecule has 5 nitrogen and oxygen atoms in total. The van der Waals surface area contributed by atoms with Gasteiger partial charge in [0.15, 0.2) is 0 Å². The summed E-state index contributed by atoms with van der Waals surface area (Å²) in [5.41, 5.74) is 13.8. The molecule has 0 aromatic heterocycles. The molecule has 0 unspecified atom stereocenters. The number of nitrogens with zero attached hydrogens (tertiary/aromatic N) is 1. The Bertz CT molecular complexity index is 738. The van der Waals surface area contributed by atoms with Crippen LogP contribution in [0.3, 0.4) is 0 Å². The first-order valence-corrected chi connectivity index (χ1v) is 6.31. The highest BCUT2D eigenvalue weighted by Crippen LogP contribution is 2.32. The quantitative estimate of drug-likeness (QED) is 0.844. The van der Waals surface area contributed by atoms with Crippen molar-refractivity contribution in [2.45, 2.75) is 13.8 Å². The number of nitriles is 1. The topological polar surface area (TPSA) is 102 Å². The minimum Gasteiger partial charge on any atom is -0.456 e. The van der Waals surface area contributed by atoms with Crippen molar-refractivity contribution in [3.8, 4) is 17.6 Å². The molecule has 0 atom stereocenters. The van der Waals surface area contributed by atoms with Crippen LogP contribution in [0.15, 0.2) is 30.3 Å². The highest BCUT2D eigenvalue weighted by molar-refractivity contribution is 5.96. The van der Waals surface area contributed by atoms with Crippen molar-refractivity contribution in [1.82, 2.24) is 0 Å². The lowest BCUT2D eigenvalue weighted by molar-refractivity contribution is 0.0998. The molecule has 4 N–H and O–H groups in total. The van der Waals surface area contributed by atoms with Crippen LogP contribution in [0.25, 0.3) is 0 Å². The van der Waals surface area contributed by atoms with Gasteiger partial charge in [-0.05, 0) is 55.3 Å². The van der Waals surface area contributed by atoms with E-state index in [0.29, 0.717) is 22.7 Å². The molecule has 0 aliphatic carbocycles. The van der Waals surface area contributed by atoms with E-state index in [-0.39, 0.29) is 5.56 Å². The van der Waals surface area contributed by atoms with Crippen LogP contribution in [0.2, 0.25) is 0 Å². The number of hydrogen-bond donors (Lipinski definition) is 2. The van der Waals surface area contributed by atoms with Gasteiger partial charge in [-0.3, -0.25) is 4.79 Å². The molecular weight excluding hydrogens is 266 g/mol. The Hall–Kier alpha value is -3.00. The number of ether oxygens (including phenoxy) is 1. The van der Waals surface area contributed by atoms with Gasteiger partial charge in [0.25, 0.3) is 5.91 Å². The predicted octanol–water partition coefficient (Wildman–Crippen LogP) is 2.65. The van der Waals surface area contributed by atoms with E-state index in [2.05, 4.69) is 6.07 Å². The maximum absolute atomic E-state index is 11.5. The zero-order chi connectivity index (χ0) is 15.6. The monoisotopic (exact) mass is 281 g/mol. The Morgan fingerprint density at radius 1 is 1.19 bits per heavy atom. The van der Waals surface area contributed by atoms with Gasteiger partial charge in [0.2, 0.25) is 0 Å². The van der Waals surface area contributed by atoms with Crippen molar-refractivity contribution in [2.24, 2.45) is 5.73 Å². The van der Waals surface area contributed by atoms with Crippen LogP contribution in [0.1, 0.15) is 27.0 Å². The Morgan fingerprint density at radius 3 is 2.33 bits per heavy atom. The second-order valence-corrected chi connectivity index (χ2v) is 4.77. The Morgan fingerprint density at radius 2 is 1.81 bits per heavy atom. The zero-order valence-corrected chi connectivity index (χ0v) is 11.8. The molecule has 5 heteroatoms. The van der Waals surface area contributed by atoms with Gasteiger partial charge in [-0.2, -0.15) is 5.26 Å². The van der Waals surface area contributed by atoms with Crippen molar-refractivity contribution >= 4 is 11.6 Å². The van der Waals surface area contributed by atoms with Gasteiger partial charge in [-0.25, -0.2) is 0 Å². The minimum atomic E-state index is -0.610. The Balaban J connectivity index is 2.49. The van der Waals surface area contributed by atoms with Crippen molar-refractivity contribution in [3.63, 3.8) is 0 Å². The third kappa shape index (κ3) is 2.95. The number of amides is 1. The summed E-state index contributed by atoms with van der Waals surface area (Å²) >= 11 is 0. The van der Waals surface area contributed by atoms with Crippen LogP contribution in [0.4, 0.5) is 5.69 Å². The van der Waals surface area contributed by atoms with E-state index in [9.17, 15) is 4.79 Å². The first kappa shape index (κ1) is 14.4. The maximum atomic E-state index is 11.5. The Labute approximate surface area is 122 Å². The highest BCUT2D eigenvalue weighted by atomic mass is 16.5. The maximum Gasteiger partial charge on any atom is 0.252 e. The van der Waals surface area contributed by atoms with Crippen molar-refractivity contribution < 1.29 is 9.53 Å².